The maximum Gasteiger partial charge on any atom is 0.322 e. The smallest absolute Gasteiger partial charge is 0.322 e. The molecule has 86 valence electrons. The topological polar surface area (TPSA) is 74.6 Å². The van der Waals surface area contributed by atoms with E-state index in [2.05, 4.69) is 0 Å². The van der Waals surface area contributed by atoms with Crippen molar-refractivity contribution in [3.05, 3.63) is 34.4 Å². The van der Waals surface area contributed by atoms with Crippen LogP contribution in [0.1, 0.15) is 28.2 Å². The molecule has 1 rings (SSSR count). The molecule has 0 amide bonds. The fourth-order valence-corrected chi connectivity index (χ4v) is 1.67. The van der Waals surface area contributed by atoms with Crippen molar-refractivity contribution in [2.24, 2.45) is 0 Å². The first-order valence-electron chi connectivity index (χ1n) is 4.88. The lowest BCUT2D eigenvalue weighted by molar-refractivity contribution is -0.150. The number of carboxylic acid groups (broad SMARTS) is 2. The van der Waals surface area contributed by atoms with Crippen LogP contribution in [0.25, 0.3) is 0 Å². The van der Waals surface area contributed by atoms with Crippen molar-refractivity contribution in [1.29, 1.82) is 0 Å². The molecule has 1 aromatic rings. The van der Waals surface area contributed by atoms with Gasteiger partial charge in [-0.15, -0.1) is 0 Å². The summed E-state index contributed by atoms with van der Waals surface area (Å²) in [4.78, 5) is 21.8. The molecule has 0 aliphatic rings. The van der Waals surface area contributed by atoms with Gasteiger partial charge in [0.25, 0.3) is 0 Å². The van der Waals surface area contributed by atoms with Gasteiger partial charge in [-0.25, -0.2) is 0 Å². The fourth-order valence-electron chi connectivity index (χ4n) is 1.67. The zero-order valence-corrected chi connectivity index (χ0v) is 9.44. The molecule has 1 aromatic carbocycles. The molecular formula is C12H14O4. The zero-order chi connectivity index (χ0) is 12.5. The molecule has 16 heavy (non-hydrogen) atoms. The van der Waals surface area contributed by atoms with Gasteiger partial charge in [-0.05, 0) is 43.0 Å². The van der Waals surface area contributed by atoms with Crippen LogP contribution in [0.3, 0.4) is 0 Å². The predicted molar refractivity (Wildman–Crippen MR) is 58.7 cm³/mol. The van der Waals surface area contributed by atoms with Crippen molar-refractivity contribution in [3.63, 3.8) is 0 Å². The van der Waals surface area contributed by atoms with E-state index in [4.69, 9.17) is 10.2 Å². The number of hydrogen-bond donors (Lipinski definition) is 2. The van der Waals surface area contributed by atoms with Crippen LogP contribution in [-0.2, 0) is 9.59 Å². The summed E-state index contributed by atoms with van der Waals surface area (Å²) in [5, 5.41) is 17.8. The third kappa shape index (κ3) is 2.21. The molecule has 0 aliphatic heterocycles. The van der Waals surface area contributed by atoms with Gasteiger partial charge in [0.1, 0.15) is 0 Å². The van der Waals surface area contributed by atoms with Crippen LogP contribution in [0.2, 0.25) is 0 Å². The Labute approximate surface area is 93.5 Å². The van der Waals surface area contributed by atoms with Crippen molar-refractivity contribution >= 4 is 11.9 Å². The number of aliphatic carboxylic acids is 2. The lowest BCUT2D eigenvalue weighted by Crippen LogP contribution is -2.22. The van der Waals surface area contributed by atoms with E-state index in [1.807, 2.05) is 19.9 Å². The third-order valence-corrected chi connectivity index (χ3v) is 2.69. The summed E-state index contributed by atoms with van der Waals surface area (Å²) in [6, 6.07) is 3.45. The van der Waals surface area contributed by atoms with E-state index in [0.29, 0.717) is 11.1 Å². The quantitative estimate of drug-likeness (QED) is 0.765. The minimum atomic E-state index is -1.49. The largest absolute Gasteiger partial charge is 0.480 e. The van der Waals surface area contributed by atoms with Gasteiger partial charge in [0, 0.05) is 0 Å². The zero-order valence-electron chi connectivity index (χ0n) is 9.44. The monoisotopic (exact) mass is 222 g/mol. The molecule has 4 heteroatoms. The Bertz CT molecular complexity index is 435. The van der Waals surface area contributed by atoms with Crippen molar-refractivity contribution < 1.29 is 19.8 Å². The summed E-state index contributed by atoms with van der Waals surface area (Å²) in [5.74, 6) is -4.16. The minimum absolute atomic E-state index is 0.350. The molecule has 0 saturated carbocycles. The molecule has 0 aliphatic carbocycles. The van der Waals surface area contributed by atoms with E-state index in [9.17, 15) is 9.59 Å². The Balaban J connectivity index is 3.35. The highest BCUT2D eigenvalue weighted by atomic mass is 16.4. The average molecular weight is 222 g/mol. The number of carbonyl (C=O) groups is 2. The molecule has 0 unspecified atom stereocenters. The summed E-state index contributed by atoms with van der Waals surface area (Å²) in [6.07, 6.45) is 0. The molecule has 0 atom stereocenters. The van der Waals surface area contributed by atoms with E-state index in [-0.39, 0.29) is 0 Å². The van der Waals surface area contributed by atoms with Crippen LogP contribution < -0.4 is 0 Å². The van der Waals surface area contributed by atoms with E-state index in [1.54, 1.807) is 13.0 Å². The molecule has 0 bridgehead atoms. The van der Waals surface area contributed by atoms with Crippen molar-refractivity contribution in [3.8, 4) is 0 Å². The first kappa shape index (κ1) is 12.2. The van der Waals surface area contributed by atoms with Crippen LogP contribution >= 0.6 is 0 Å². The molecule has 0 spiro atoms. The van der Waals surface area contributed by atoms with E-state index in [0.717, 1.165) is 11.1 Å². The van der Waals surface area contributed by atoms with Gasteiger partial charge >= 0.3 is 11.9 Å². The van der Waals surface area contributed by atoms with Crippen molar-refractivity contribution in [1.82, 2.24) is 0 Å². The van der Waals surface area contributed by atoms with Crippen LogP contribution in [0.4, 0.5) is 0 Å². The fraction of sp³-hybridized carbons (Fsp3) is 0.333. The average Bonchev–Trinajstić information content (AvgIpc) is 2.12. The molecule has 0 aromatic heterocycles. The highest BCUT2D eigenvalue weighted by molar-refractivity contribution is 5.99. The summed E-state index contributed by atoms with van der Waals surface area (Å²) in [6.45, 7) is 5.46. The molecule has 2 N–H and O–H groups in total. The second kappa shape index (κ2) is 4.35. The minimum Gasteiger partial charge on any atom is -0.480 e. The second-order valence-electron chi connectivity index (χ2n) is 3.90. The highest BCUT2D eigenvalue weighted by Gasteiger charge is 2.29. The molecule has 4 nitrogen and oxygen atoms in total. The van der Waals surface area contributed by atoms with Gasteiger partial charge in [-0.2, -0.15) is 0 Å². The maximum absolute atomic E-state index is 10.9. The molecule has 0 fully saturated rings. The van der Waals surface area contributed by atoms with Gasteiger partial charge in [0.05, 0.1) is 0 Å². The summed E-state index contributed by atoms with van der Waals surface area (Å²) in [5.41, 5.74) is 2.96. The maximum atomic E-state index is 10.9. The predicted octanol–water partition coefficient (Wildman–Crippen LogP) is 1.86. The van der Waals surface area contributed by atoms with Gasteiger partial charge in [0.2, 0.25) is 0 Å². The lowest BCUT2D eigenvalue weighted by Gasteiger charge is -2.13. The molecule has 0 saturated heterocycles. The summed E-state index contributed by atoms with van der Waals surface area (Å²) < 4.78 is 0. The highest BCUT2D eigenvalue weighted by Crippen LogP contribution is 2.24. The SMILES string of the molecule is Cc1cc(C)c(C(C(=O)O)C(=O)O)cc1C. The summed E-state index contributed by atoms with van der Waals surface area (Å²) >= 11 is 0. The second-order valence-corrected chi connectivity index (χ2v) is 3.90. The van der Waals surface area contributed by atoms with Crippen LogP contribution in [0, 0.1) is 20.8 Å². The van der Waals surface area contributed by atoms with Crippen molar-refractivity contribution in [2.45, 2.75) is 26.7 Å². The number of benzene rings is 1. The molecule has 0 radical (unpaired) electrons. The van der Waals surface area contributed by atoms with E-state index in [1.165, 1.54) is 0 Å². The van der Waals surface area contributed by atoms with Gasteiger partial charge in [-0.1, -0.05) is 12.1 Å². The normalized spacial score (nSPS) is 10.5. The van der Waals surface area contributed by atoms with Crippen LogP contribution in [0.5, 0.6) is 0 Å². The number of aryl methyl sites for hydroxylation is 3. The Hall–Kier alpha value is -1.84. The van der Waals surface area contributed by atoms with Gasteiger partial charge in [0.15, 0.2) is 5.92 Å². The summed E-state index contributed by atoms with van der Waals surface area (Å²) in [7, 11) is 0. The standard InChI is InChI=1S/C12H14O4/c1-6-4-8(3)9(5-7(6)2)10(11(13)14)12(15)16/h4-5,10H,1-3H3,(H,13,14)(H,15,16). The first-order chi connectivity index (χ1) is 7.34. The van der Waals surface area contributed by atoms with Crippen molar-refractivity contribution in [2.75, 3.05) is 0 Å². The van der Waals surface area contributed by atoms with E-state index < -0.39 is 17.9 Å². The van der Waals surface area contributed by atoms with Crippen LogP contribution in [0.15, 0.2) is 12.1 Å². The van der Waals surface area contributed by atoms with E-state index >= 15 is 0 Å². The van der Waals surface area contributed by atoms with Gasteiger partial charge < -0.3 is 10.2 Å². The number of hydrogen-bond acceptors (Lipinski definition) is 2. The Morgan fingerprint density at radius 1 is 0.938 bits per heavy atom. The Kier molecular flexibility index (Phi) is 3.32. The third-order valence-electron chi connectivity index (χ3n) is 2.69. The molecule has 0 heterocycles. The number of rotatable bonds is 3. The van der Waals surface area contributed by atoms with Gasteiger partial charge in [-0.3, -0.25) is 9.59 Å². The first-order valence-corrected chi connectivity index (χ1v) is 4.88. The Morgan fingerprint density at radius 3 is 1.81 bits per heavy atom. The lowest BCUT2D eigenvalue weighted by atomic mass is 9.91. The Morgan fingerprint density at radius 2 is 1.38 bits per heavy atom. The molecular weight excluding hydrogens is 208 g/mol. The number of carboxylic acids is 2. The van der Waals surface area contributed by atoms with Crippen LogP contribution in [-0.4, -0.2) is 22.2 Å².